The van der Waals surface area contributed by atoms with E-state index in [4.69, 9.17) is 9.47 Å². The molecule has 0 saturated heterocycles. The van der Waals surface area contributed by atoms with Crippen molar-refractivity contribution < 1.29 is 23.9 Å². The van der Waals surface area contributed by atoms with Gasteiger partial charge in [-0.1, -0.05) is 31.0 Å². The van der Waals surface area contributed by atoms with Crippen molar-refractivity contribution in [2.24, 2.45) is 0 Å². The van der Waals surface area contributed by atoms with Crippen LogP contribution >= 0.6 is 0 Å². The molecule has 0 heterocycles. The Kier molecular flexibility index (Phi) is 7.92. The van der Waals surface area contributed by atoms with Gasteiger partial charge in [0, 0.05) is 12.5 Å². The van der Waals surface area contributed by atoms with Crippen molar-refractivity contribution in [2.45, 2.75) is 51.5 Å². The summed E-state index contributed by atoms with van der Waals surface area (Å²) in [6.45, 7) is 1.97. The van der Waals surface area contributed by atoms with Gasteiger partial charge in [0.2, 0.25) is 0 Å². The van der Waals surface area contributed by atoms with Gasteiger partial charge in [-0.25, -0.2) is 4.79 Å². The number of para-hydroxylation sites is 1. The first kappa shape index (κ1) is 19.8. The van der Waals surface area contributed by atoms with Crippen molar-refractivity contribution in [1.29, 1.82) is 0 Å². The van der Waals surface area contributed by atoms with Crippen LogP contribution in [0.2, 0.25) is 0 Å². The number of esters is 1. The maximum Gasteiger partial charge on any atom is 0.321 e. The highest BCUT2D eigenvalue weighted by Crippen LogP contribution is 2.19. The lowest BCUT2D eigenvalue weighted by Crippen LogP contribution is -2.45. The topological polar surface area (TPSA) is 93.7 Å². The van der Waals surface area contributed by atoms with Gasteiger partial charge in [-0.2, -0.15) is 0 Å². The molecule has 2 N–H and O–H groups in total. The summed E-state index contributed by atoms with van der Waals surface area (Å²) in [4.78, 5) is 35.2. The molecule has 0 bridgehead atoms. The molecule has 0 aromatic heterocycles. The Morgan fingerprint density at radius 2 is 1.88 bits per heavy atom. The zero-order valence-electron chi connectivity index (χ0n) is 15.1. The van der Waals surface area contributed by atoms with Crippen molar-refractivity contribution in [1.82, 2.24) is 10.6 Å². The van der Waals surface area contributed by atoms with Crippen molar-refractivity contribution >= 4 is 17.9 Å². The van der Waals surface area contributed by atoms with Crippen LogP contribution in [0.1, 0.15) is 44.6 Å². The second-order valence-electron chi connectivity index (χ2n) is 6.20. The summed E-state index contributed by atoms with van der Waals surface area (Å²) >= 11 is 0. The molecule has 7 heteroatoms. The molecule has 1 fully saturated rings. The molecule has 1 aromatic carbocycles. The average Bonchev–Trinajstić information content (AvgIpc) is 3.12. The van der Waals surface area contributed by atoms with Crippen LogP contribution in [-0.2, 0) is 20.7 Å². The third kappa shape index (κ3) is 6.74. The van der Waals surface area contributed by atoms with E-state index in [9.17, 15) is 14.4 Å². The van der Waals surface area contributed by atoms with Crippen LogP contribution in [0.5, 0.6) is 5.75 Å². The normalized spacial score (nSPS) is 13.9. The van der Waals surface area contributed by atoms with Gasteiger partial charge >= 0.3 is 12.0 Å². The maximum absolute atomic E-state index is 11.8. The van der Waals surface area contributed by atoms with Crippen molar-refractivity contribution in [3.63, 3.8) is 0 Å². The quantitative estimate of drug-likeness (QED) is 0.692. The van der Waals surface area contributed by atoms with Gasteiger partial charge in [0.05, 0.1) is 6.61 Å². The largest absolute Gasteiger partial charge is 0.494 e. The fourth-order valence-corrected chi connectivity index (χ4v) is 2.92. The first-order chi connectivity index (χ1) is 12.6. The molecule has 0 radical (unpaired) electrons. The minimum atomic E-state index is -0.636. The van der Waals surface area contributed by atoms with Gasteiger partial charge in [-0.3, -0.25) is 14.9 Å². The van der Waals surface area contributed by atoms with Gasteiger partial charge in [-0.15, -0.1) is 0 Å². The summed E-state index contributed by atoms with van der Waals surface area (Å²) in [5.41, 5.74) is 0.909. The van der Waals surface area contributed by atoms with Crippen LogP contribution in [-0.4, -0.2) is 37.2 Å². The number of amides is 3. The standard InChI is InChI=1S/C19H26N2O5/c1-2-25-16-10-6-3-7-14(16)11-12-18(23)26-13-17(22)21-19(24)20-15-8-4-5-9-15/h3,6-7,10,15H,2,4-5,8-9,11-13H2,1H3,(H2,20,21,22,24). The minimum absolute atomic E-state index is 0.121. The zero-order valence-corrected chi connectivity index (χ0v) is 15.1. The molecule has 1 aliphatic carbocycles. The highest BCUT2D eigenvalue weighted by Gasteiger charge is 2.18. The number of aryl methyl sites for hydroxylation is 1. The van der Waals surface area contributed by atoms with Gasteiger partial charge < -0.3 is 14.8 Å². The lowest BCUT2D eigenvalue weighted by molar-refractivity contribution is -0.148. The Balaban J connectivity index is 1.66. The van der Waals surface area contributed by atoms with Gasteiger partial charge in [-0.05, 0) is 37.8 Å². The molecule has 1 aromatic rings. The number of imide groups is 1. The molecule has 0 unspecified atom stereocenters. The lowest BCUT2D eigenvalue weighted by Gasteiger charge is -2.12. The molecular weight excluding hydrogens is 336 g/mol. The summed E-state index contributed by atoms with van der Waals surface area (Å²) in [6, 6.07) is 7.06. The smallest absolute Gasteiger partial charge is 0.321 e. The Labute approximate surface area is 153 Å². The minimum Gasteiger partial charge on any atom is -0.494 e. The second-order valence-corrected chi connectivity index (χ2v) is 6.20. The fraction of sp³-hybridized carbons (Fsp3) is 0.526. The van der Waals surface area contributed by atoms with E-state index < -0.39 is 24.5 Å². The van der Waals surface area contributed by atoms with Crippen molar-refractivity contribution in [2.75, 3.05) is 13.2 Å². The summed E-state index contributed by atoms with van der Waals surface area (Å²) in [7, 11) is 0. The Morgan fingerprint density at radius 3 is 2.62 bits per heavy atom. The van der Waals surface area contributed by atoms with E-state index in [-0.39, 0.29) is 12.5 Å². The summed E-state index contributed by atoms with van der Waals surface area (Å²) in [5.74, 6) is -0.393. The van der Waals surface area contributed by atoms with Gasteiger partial charge in [0.25, 0.3) is 5.91 Å². The number of carbonyl (C=O) groups excluding carboxylic acids is 3. The van der Waals surface area contributed by atoms with E-state index in [0.717, 1.165) is 37.0 Å². The van der Waals surface area contributed by atoms with E-state index >= 15 is 0 Å². The van der Waals surface area contributed by atoms with Crippen LogP contribution in [0, 0.1) is 0 Å². The van der Waals surface area contributed by atoms with Crippen LogP contribution < -0.4 is 15.4 Å². The lowest BCUT2D eigenvalue weighted by atomic mass is 10.1. The first-order valence-electron chi connectivity index (χ1n) is 9.05. The molecule has 1 saturated carbocycles. The van der Waals surface area contributed by atoms with Crippen LogP contribution in [0.3, 0.4) is 0 Å². The van der Waals surface area contributed by atoms with Crippen molar-refractivity contribution in [3.05, 3.63) is 29.8 Å². The Hall–Kier alpha value is -2.57. The number of urea groups is 1. The van der Waals surface area contributed by atoms with E-state index in [2.05, 4.69) is 10.6 Å². The second kappa shape index (κ2) is 10.4. The summed E-state index contributed by atoms with van der Waals surface area (Å²) in [6.07, 6.45) is 4.62. The fourth-order valence-electron chi connectivity index (χ4n) is 2.92. The number of rotatable bonds is 8. The maximum atomic E-state index is 11.8. The molecule has 26 heavy (non-hydrogen) atoms. The number of hydrogen-bond acceptors (Lipinski definition) is 5. The van der Waals surface area contributed by atoms with E-state index in [1.807, 2.05) is 31.2 Å². The molecule has 0 spiro atoms. The molecular formula is C19H26N2O5. The summed E-state index contributed by atoms with van der Waals surface area (Å²) in [5, 5.41) is 4.91. The molecule has 7 nitrogen and oxygen atoms in total. The third-order valence-electron chi connectivity index (χ3n) is 4.18. The number of benzene rings is 1. The van der Waals surface area contributed by atoms with E-state index in [0.29, 0.717) is 13.0 Å². The molecule has 1 aliphatic rings. The SMILES string of the molecule is CCOc1ccccc1CCC(=O)OCC(=O)NC(=O)NC1CCCC1. The number of carbonyl (C=O) groups is 3. The Morgan fingerprint density at radius 1 is 1.15 bits per heavy atom. The highest BCUT2D eigenvalue weighted by atomic mass is 16.5. The first-order valence-corrected chi connectivity index (χ1v) is 9.05. The molecule has 0 atom stereocenters. The predicted octanol–water partition coefficient (Wildman–Crippen LogP) is 2.33. The number of hydrogen-bond donors (Lipinski definition) is 2. The highest BCUT2D eigenvalue weighted by molar-refractivity contribution is 5.95. The predicted molar refractivity (Wildman–Crippen MR) is 95.8 cm³/mol. The van der Waals surface area contributed by atoms with E-state index in [1.54, 1.807) is 0 Å². The van der Waals surface area contributed by atoms with Gasteiger partial charge in [0.1, 0.15) is 5.75 Å². The summed E-state index contributed by atoms with van der Waals surface area (Å²) < 4.78 is 10.4. The molecule has 2 rings (SSSR count). The number of nitrogens with one attached hydrogen (secondary N) is 2. The zero-order chi connectivity index (χ0) is 18.8. The van der Waals surface area contributed by atoms with E-state index in [1.165, 1.54) is 0 Å². The third-order valence-corrected chi connectivity index (χ3v) is 4.18. The molecule has 142 valence electrons. The van der Waals surface area contributed by atoms with Crippen LogP contribution in [0.25, 0.3) is 0 Å². The number of ether oxygens (including phenoxy) is 2. The van der Waals surface area contributed by atoms with Crippen LogP contribution in [0.15, 0.2) is 24.3 Å². The Bertz CT molecular complexity index is 626. The van der Waals surface area contributed by atoms with Gasteiger partial charge in [0.15, 0.2) is 6.61 Å². The monoisotopic (exact) mass is 362 g/mol. The molecule has 3 amide bonds. The average molecular weight is 362 g/mol. The van der Waals surface area contributed by atoms with Crippen molar-refractivity contribution in [3.8, 4) is 5.75 Å². The molecule has 0 aliphatic heterocycles. The van der Waals surface area contributed by atoms with Crippen LogP contribution in [0.4, 0.5) is 4.79 Å².